The average Bonchev–Trinajstić information content (AvgIpc) is 2.68. The van der Waals surface area contributed by atoms with E-state index in [1.807, 2.05) is 30.3 Å². The molecule has 0 saturated heterocycles. The maximum absolute atomic E-state index is 8.88. The van der Waals surface area contributed by atoms with E-state index in [0.717, 1.165) is 11.0 Å². The molecule has 0 amide bonds. The molecule has 0 unspecified atom stereocenters. The van der Waals surface area contributed by atoms with Gasteiger partial charge >= 0.3 is 0 Å². The highest BCUT2D eigenvalue weighted by Crippen LogP contribution is 2.20. The highest BCUT2D eigenvalue weighted by Gasteiger charge is 2.10. The summed E-state index contributed by atoms with van der Waals surface area (Å²) in [5.41, 5.74) is 7.93. The lowest BCUT2D eigenvalue weighted by atomic mass is 10.3. The smallest absolute Gasteiger partial charge is 0.236 e. The quantitative estimate of drug-likeness (QED) is 0.605. The lowest BCUT2D eigenvalue weighted by Crippen LogP contribution is -2.01. The maximum Gasteiger partial charge on any atom is 0.236 e. The topological polar surface area (TPSA) is 80.0 Å². The van der Waals surface area contributed by atoms with Crippen molar-refractivity contribution in [2.45, 2.75) is 0 Å². The van der Waals surface area contributed by atoms with Crippen LogP contribution in [0.4, 0.5) is 5.82 Å². The Balaban J connectivity index is 2.59. The van der Waals surface area contributed by atoms with Gasteiger partial charge in [0.05, 0.1) is 17.2 Å². The molecule has 2 heterocycles. The minimum atomic E-state index is 0.357. The van der Waals surface area contributed by atoms with Crippen molar-refractivity contribution in [1.29, 1.82) is 5.26 Å². The number of nitrogen functional groups attached to an aromatic ring is 1. The summed E-state index contributed by atoms with van der Waals surface area (Å²) in [6, 6.07) is 9.58. The van der Waals surface area contributed by atoms with Crippen molar-refractivity contribution >= 4 is 22.6 Å². The molecular weight excluding hydrogens is 202 g/mol. The maximum atomic E-state index is 8.88. The number of rotatable bonds is 0. The number of para-hydroxylation sites is 2. The molecule has 0 aliphatic carbocycles. The summed E-state index contributed by atoms with van der Waals surface area (Å²) >= 11 is 0. The Bertz CT molecular complexity index is 735. The van der Waals surface area contributed by atoms with Crippen LogP contribution >= 0.6 is 0 Å². The van der Waals surface area contributed by atoms with Gasteiger partial charge in [-0.2, -0.15) is 5.26 Å². The molecule has 2 N–H and O–H groups in total. The Morgan fingerprint density at radius 3 is 2.94 bits per heavy atom. The summed E-state index contributed by atoms with van der Waals surface area (Å²) in [6.07, 6.45) is 1.44. The minimum Gasteiger partial charge on any atom is -0.384 e. The van der Waals surface area contributed by atoms with Crippen molar-refractivity contribution in [2.24, 2.45) is 0 Å². The predicted molar refractivity (Wildman–Crippen MR) is 59.6 cm³/mol. The van der Waals surface area contributed by atoms with Crippen LogP contribution in [0.5, 0.6) is 0 Å². The van der Waals surface area contributed by atoms with Gasteiger partial charge in [0.25, 0.3) is 0 Å². The van der Waals surface area contributed by atoms with E-state index in [2.05, 4.69) is 9.97 Å². The van der Waals surface area contributed by atoms with E-state index >= 15 is 0 Å². The van der Waals surface area contributed by atoms with Crippen LogP contribution in [-0.2, 0) is 0 Å². The van der Waals surface area contributed by atoms with E-state index in [1.165, 1.54) is 6.20 Å². The van der Waals surface area contributed by atoms with Crippen molar-refractivity contribution in [1.82, 2.24) is 14.4 Å². The van der Waals surface area contributed by atoms with E-state index in [4.69, 9.17) is 11.0 Å². The van der Waals surface area contributed by atoms with Crippen molar-refractivity contribution < 1.29 is 0 Å². The van der Waals surface area contributed by atoms with Crippen LogP contribution in [0.25, 0.3) is 16.8 Å². The van der Waals surface area contributed by atoms with Gasteiger partial charge in [-0.05, 0) is 12.1 Å². The van der Waals surface area contributed by atoms with Crippen LogP contribution in [0.2, 0.25) is 0 Å². The van der Waals surface area contributed by atoms with Crippen molar-refractivity contribution in [3.63, 3.8) is 0 Å². The number of anilines is 1. The number of hydrogen-bond donors (Lipinski definition) is 1. The van der Waals surface area contributed by atoms with Gasteiger partial charge in [0.15, 0.2) is 0 Å². The summed E-state index contributed by atoms with van der Waals surface area (Å²) in [6.45, 7) is 0. The molecule has 76 valence electrons. The van der Waals surface area contributed by atoms with Crippen LogP contribution in [-0.4, -0.2) is 14.4 Å². The predicted octanol–water partition coefficient (Wildman–Crippen LogP) is 1.34. The van der Waals surface area contributed by atoms with E-state index in [-0.39, 0.29) is 0 Å². The summed E-state index contributed by atoms with van der Waals surface area (Å²) in [5.74, 6) is 0.888. The molecule has 1 aromatic carbocycles. The fourth-order valence-electron chi connectivity index (χ4n) is 1.73. The van der Waals surface area contributed by atoms with E-state index < -0.39 is 0 Å². The van der Waals surface area contributed by atoms with E-state index in [9.17, 15) is 0 Å². The van der Waals surface area contributed by atoms with Gasteiger partial charge in [-0.15, -0.1) is 0 Å². The van der Waals surface area contributed by atoms with E-state index in [1.54, 1.807) is 4.40 Å². The second kappa shape index (κ2) is 2.94. The van der Waals surface area contributed by atoms with Gasteiger partial charge in [0.2, 0.25) is 5.78 Å². The van der Waals surface area contributed by atoms with Gasteiger partial charge in [0.1, 0.15) is 17.5 Å². The number of fused-ring (bicyclic) bond motifs is 3. The fraction of sp³-hybridized carbons (Fsp3) is 0. The zero-order valence-corrected chi connectivity index (χ0v) is 8.25. The van der Waals surface area contributed by atoms with Gasteiger partial charge in [0, 0.05) is 0 Å². The van der Waals surface area contributed by atoms with Crippen LogP contribution in [0.15, 0.2) is 30.5 Å². The van der Waals surface area contributed by atoms with Gasteiger partial charge in [-0.3, -0.25) is 4.40 Å². The number of nitrogens with two attached hydrogens (primary N) is 1. The standard InChI is InChI=1S/C11H7N5/c12-5-7-6-14-11-15-8-3-1-2-4-9(8)16(11)10(7)13/h1-4,6H,13H2. The second-order valence-corrected chi connectivity index (χ2v) is 3.40. The zero-order chi connectivity index (χ0) is 11.1. The van der Waals surface area contributed by atoms with Crippen LogP contribution < -0.4 is 5.73 Å². The molecule has 0 aliphatic heterocycles. The Morgan fingerprint density at radius 2 is 2.12 bits per heavy atom. The summed E-state index contributed by atoms with van der Waals surface area (Å²) in [5, 5.41) is 8.88. The normalized spacial score (nSPS) is 10.7. The van der Waals surface area contributed by atoms with Crippen LogP contribution in [0, 0.1) is 11.3 Å². The van der Waals surface area contributed by atoms with Gasteiger partial charge < -0.3 is 5.73 Å². The van der Waals surface area contributed by atoms with Crippen molar-refractivity contribution in [3.8, 4) is 6.07 Å². The first-order valence-corrected chi connectivity index (χ1v) is 4.73. The zero-order valence-electron chi connectivity index (χ0n) is 8.25. The molecule has 0 aliphatic rings. The molecular formula is C11H7N5. The highest BCUT2D eigenvalue weighted by molar-refractivity contribution is 5.81. The molecule has 0 saturated carbocycles. The SMILES string of the molecule is N#Cc1cnc2nc3ccccc3n2c1N. The first-order chi connectivity index (χ1) is 7.81. The largest absolute Gasteiger partial charge is 0.384 e. The Kier molecular flexibility index (Phi) is 1.59. The number of imidazole rings is 1. The van der Waals surface area contributed by atoms with Crippen molar-refractivity contribution in [2.75, 3.05) is 5.73 Å². The molecule has 0 spiro atoms. The number of benzene rings is 1. The summed E-state index contributed by atoms with van der Waals surface area (Å²) < 4.78 is 1.69. The lowest BCUT2D eigenvalue weighted by Gasteiger charge is -2.01. The first kappa shape index (κ1) is 8.68. The Morgan fingerprint density at radius 1 is 1.31 bits per heavy atom. The molecule has 0 atom stereocenters. The first-order valence-electron chi connectivity index (χ1n) is 4.73. The molecule has 2 aromatic heterocycles. The molecule has 5 nitrogen and oxygen atoms in total. The van der Waals surface area contributed by atoms with Crippen molar-refractivity contribution in [3.05, 3.63) is 36.0 Å². The number of nitrogens with zero attached hydrogens (tertiary/aromatic N) is 4. The van der Waals surface area contributed by atoms with Crippen LogP contribution in [0.1, 0.15) is 5.56 Å². The van der Waals surface area contributed by atoms with Gasteiger partial charge in [-0.1, -0.05) is 12.1 Å². The molecule has 0 radical (unpaired) electrons. The Hall–Kier alpha value is -2.61. The third-order valence-electron chi connectivity index (χ3n) is 2.49. The lowest BCUT2D eigenvalue weighted by molar-refractivity contribution is 1.13. The fourth-order valence-corrected chi connectivity index (χ4v) is 1.73. The third kappa shape index (κ3) is 0.982. The number of aromatic nitrogens is 3. The molecule has 16 heavy (non-hydrogen) atoms. The molecule has 0 fully saturated rings. The van der Waals surface area contributed by atoms with Gasteiger partial charge in [-0.25, -0.2) is 9.97 Å². The second-order valence-electron chi connectivity index (χ2n) is 3.40. The number of hydrogen-bond acceptors (Lipinski definition) is 4. The Labute approximate surface area is 90.8 Å². The summed E-state index contributed by atoms with van der Waals surface area (Å²) in [7, 11) is 0. The van der Waals surface area contributed by atoms with E-state index in [0.29, 0.717) is 17.2 Å². The van der Waals surface area contributed by atoms with Crippen LogP contribution in [0.3, 0.4) is 0 Å². The minimum absolute atomic E-state index is 0.357. The molecule has 3 rings (SSSR count). The average molecular weight is 209 g/mol. The summed E-state index contributed by atoms with van der Waals surface area (Å²) in [4.78, 5) is 8.41. The number of nitriles is 1. The molecule has 0 bridgehead atoms. The highest BCUT2D eigenvalue weighted by atomic mass is 15.1. The third-order valence-corrected chi connectivity index (χ3v) is 2.49. The monoisotopic (exact) mass is 209 g/mol. The molecule has 3 aromatic rings. The molecule has 5 heteroatoms.